The number of aliphatic hydroxyl groups excluding tert-OH is 1. The number of nitrogens with one attached hydrogen (secondary N) is 1. The van der Waals surface area contributed by atoms with Gasteiger partial charge >= 0.3 is 0 Å². The van der Waals surface area contributed by atoms with E-state index in [2.05, 4.69) is 15.1 Å². The summed E-state index contributed by atoms with van der Waals surface area (Å²) in [5.74, 6) is -0.507. The SMILES string of the molecule is O=C(N[C@H](CN1CCCCC1)[C@H](O)c1cc(F)c2c(c1)OCCO2)[C@@H]1CCN(c2ccc(Cl)cc2)C1. The second-order valence-electron chi connectivity index (χ2n) is 9.86. The summed E-state index contributed by atoms with van der Waals surface area (Å²) in [6.45, 7) is 4.31. The first-order chi connectivity index (χ1) is 17.5. The number of carbonyl (C=O) groups is 1. The van der Waals surface area contributed by atoms with Gasteiger partial charge in [0.15, 0.2) is 17.3 Å². The topological polar surface area (TPSA) is 74.3 Å². The van der Waals surface area contributed by atoms with Crippen LogP contribution in [0.15, 0.2) is 36.4 Å². The van der Waals surface area contributed by atoms with Crippen molar-refractivity contribution in [2.24, 2.45) is 5.92 Å². The number of amides is 1. The molecule has 0 spiro atoms. The summed E-state index contributed by atoms with van der Waals surface area (Å²) in [4.78, 5) is 17.8. The Morgan fingerprint density at radius 2 is 1.86 bits per heavy atom. The molecule has 0 aromatic heterocycles. The second kappa shape index (κ2) is 11.2. The van der Waals surface area contributed by atoms with E-state index in [1.54, 1.807) is 6.07 Å². The minimum atomic E-state index is -1.09. The number of rotatable bonds is 7. The Morgan fingerprint density at radius 1 is 1.11 bits per heavy atom. The van der Waals surface area contributed by atoms with Crippen LogP contribution in [0.2, 0.25) is 5.02 Å². The van der Waals surface area contributed by atoms with Crippen LogP contribution in [-0.2, 0) is 4.79 Å². The first kappa shape index (κ1) is 25.1. The summed E-state index contributed by atoms with van der Waals surface area (Å²) in [5.41, 5.74) is 1.40. The number of hydrogen-bond donors (Lipinski definition) is 2. The van der Waals surface area contributed by atoms with E-state index in [0.29, 0.717) is 30.3 Å². The molecule has 36 heavy (non-hydrogen) atoms. The fourth-order valence-electron chi connectivity index (χ4n) is 5.34. The zero-order valence-corrected chi connectivity index (χ0v) is 21.1. The van der Waals surface area contributed by atoms with E-state index in [1.165, 1.54) is 12.5 Å². The van der Waals surface area contributed by atoms with E-state index in [9.17, 15) is 14.3 Å². The largest absolute Gasteiger partial charge is 0.486 e. The predicted molar refractivity (Wildman–Crippen MR) is 136 cm³/mol. The van der Waals surface area contributed by atoms with E-state index < -0.39 is 18.0 Å². The number of fused-ring (bicyclic) bond motifs is 1. The molecule has 0 radical (unpaired) electrons. The van der Waals surface area contributed by atoms with Crippen LogP contribution < -0.4 is 19.7 Å². The van der Waals surface area contributed by atoms with Crippen LogP contribution in [-0.4, -0.2) is 67.9 Å². The molecular weight excluding hydrogens is 485 g/mol. The van der Waals surface area contributed by atoms with Gasteiger partial charge in [-0.1, -0.05) is 18.0 Å². The normalized spacial score (nSPS) is 21.8. The van der Waals surface area contributed by atoms with Crippen LogP contribution in [0.25, 0.3) is 0 Å². The van der Waals surface area contributed by atoms with E-state index in [-0.39, 0.29) is 29.9 Å². The number of anilines is 1. The van der Waals surface area contributed by atoms with Crippen molar-refractivity contribution in [1.82, 2.24) is 10.2 Å². The van der Waals surface area contributed by atoms with Crippen molar-refractivity contribution in [3.8, 4) is 11.5 Å². The summed E-state index contributed by atoms with van der Waals surface area (Å²) < 4.78 is 25.7. The molecule has 3 atom stereocenters. The molecule has 2 aromatic carbocycles. The molecule has 0 unspecified atom stereocenters. The maximum atomic E-state index is 14.7. The number of aliphatic hydroxyl groups is 1. The highest BCUT2D eigenvalue weighted by Crippen LogP contribution is 2.36. The molecule has 5 rings (SSSR count). The minimum absolute atomic E-state index is 0.0714. The van der Waals surface area contributed by atoms with Gasteiger partial charge in [-0.3, -0.25) is 4.79 Å². The number of carbonyl (C=O) groups excluding carboxylic acids is 1. The Kier molecular flexibility index (Phi) is 7.84. The average molecular weight is 518 g/mol. The number of halogens is 2. The smallest absolute Gasteiger partial charge is 0.225 e. The van der Waals surface area contributed by atoms with Gasteiger partial charge in [0.25, 0.3) is 0 Å². The molecule has 2 aromatic rings. The number of nitrogens with zero attached hydrogens (tertiary/aromatic N) is 2. The predicted octanol–water partition coefficient (Wildman–Crippen LogP) is 3.78. The van der Waals surface area contributed by atoms with Crippen molar-refractivity contribution >= 4 is 23.2 Å². The van der Waals surface area contributed by atoms with Crippen LogP contribution in [0, 0.1) is 11.7 Å². The quantitative estimate of drug-likeness (QED) is 0.582. The van der Waals surface area contributed by atoms with Gasteiger partial charge in [-0.05, 0) is 74.3 Å². The highest BCUT2D eigenvalue weighted by Gasteiger charge is 2.33. The molecule has 3 heterocycles. The standard InChI is InChI=1S/C27H33ClFN3O4/c28-20-4-6-21(7-5-20)32-11-8-18(16-32)27(34)30-23(17-31-9-2-1-3-10-31)25(33)19-14-22(29)26-24(15-19)35-12-13-36-26/h4-7,14-15,18,23,25,33H,1-3,8-13,16-17H2,(H,30,34)/t18-,23-,25-/m1/s1. The molecular formula is C27H33ClFN3O4. The number of hydrogen-bond acceptors (Lipinski definition) is 6. The third kappa shape index (κ3) is 5.71. The van der Waals surface area contributed by atoms with Gasteiger partial charge in [0.2, 0.25) is 5.91 Å². The van der Waals surface area contributed by atoms with Crippen molar-refractivity contribution < 1.29 is 23.8 Å². The molecule has 0 saturated carbocycles. The second-order valence-corrected chi connectivity index (χ2v) is 10.3. The lowest BCUT2D eigenvalue weighted by atomic mass is 9.98. The Balaban J connectivity index is 1.31. The van der Waals surface area contributed by atoms with Gasteiger partial charge in [0.1, 0.15) is 19.3 Å². The molecule has 1 amide bonds. The van der Waals surface area contributed by atoms with Gasteiger partial charge in [0.05, 0.1) is 12.0 Å². The van der Waals surface area contributed by atoms with Crippen molar-refractivity contribution in [3.05, 3.63) is 52.8 Å². The van der Waals surface area contributed by atoms with Crippen molar-refractivity contribution in [3.63, 3.8) is 0 Å². The lowest BCUT2D eigenvalue weighted by Gasteiger charge is -2.34. The maximum absolute atomic E-state index is 14.7. The zero-order valence-electron chi connectivity index (χ0n) is 20.3. The molecule has 9 heteroatoms. The molecule has 0 aliphatic carbocycles. The Bertz CT molecular complexity index is 1060. The number of benzene rings is 2. The van der Waals surface area contributed by atoms with Crippen LogP contribution in [0.4, 0.5) is 10.1 Å². The first-order valence-corrected chi connectivity index (χ1v) is 13.2. The van der Waals surface area contributed by atoms with Gasteiger partial charge in [0, 0.05) is 30.3 Å². The third-order valence-corrected chi connectivity index (χ3v) is 7.58. The summed E-state index contributed by atoms with van der Waals surface area (Å²) in [6.07, 6.45) is 3.00. The zero-order chi connectivity index (χ0) is 25.1. The molecule has 3 aliphatic heterocycles. The molecule has 7 nitrogen and oxygen atoms in total. The molecule has 2 N–H and O–H groups in total. The molecule has 2 saturated heterocycles. The van der Waals surface area contributed by atoms with Crippen LogP contribution in [0.5, 0.6) is 11.5 Å². The van der Waals surface area contributed by atoms with E-state index in [4.69, 9.17) is 21.1 Å². The minimum Gasteiger partial charge on any atom is -0.486 e. The molecule has 194 valence electrons. The van der Waals surface area contributed by atoms with Crippen LogP contribution >= 0.6 is 11.6 Å². The van der Waals surface area contributed by atoms with E-state index in [1.807, 2.05) is 24.3 Å². The summed E-state index contributed by atoms with van der Waals surface area (Å²) in [7, 11) is 0. The summed E-state index contributed by atoms with van der Waals surface area (Å²) in [5, 5.41) is 15.1. The Hall–Kier alpha value is -2.55. The lowest BCUT2D eigenvalue weighted by molar-refractivity contribution is -0.126. The van der Waals surface area contributed by atoms with E-state index in [0.717, 1.165) is 44.6 Å². The number of piperidine rings is 1. The molecule has 2 fully saturated rings. The maximum Gasteiger partial charge on any atom is 0.225 e. The third-order valence-electron chi connectivity index (χ3n) is 7.32. The van der Waals surface area contributed by atoms with Crippen LogP contribution in [0.1, 0.15) is 37.4 Å². The van der Waals surface area contributed by atoms with Gasteiger partial charge in [-0.25, -0.2) is 4.39 Å². The highest BCUT2D eigenvalue weighted by molar-refractivity contribution is 6.30. The van der Waals surface area contributed by atoms with Crippen LogP contribution in [0.3, 0.4) is 0 Å². The summed E-state index contributed by atoms with van der Waals surface area (Å²) in [6, 6.07) is 9.94. The van der Waals surface area contributed by atoms with Gasteiger partial charge in [-0.2, -0.15) is 0 Å². The van der Waals surface area contributed by atoms with Gasteiger partial charge in [-0.15, -0.1) is 0 Å². The van der Waals surface area contributed by atoms with E-state index >= 15 is 0 Å². The molecule has 3 aliphatic rings. The number of ether oxygens (including phenoxy) is 2. The average Bonchev–Trinajstić information content (AvgIpc) is 3.39. The monoisotopic (exact) mass is 517 g/mol. The number of likely N-dealkylation sites (tertiary alicyclic amines) is 1. The molecule has 0 bridgehead atoms. The Morgan fingerprint density at radius 3 is 2.64 bits per heavy atom. The van der Waals surface area contributed by atoms with Gasteiger partial charge < -0.3 is 29.7 Å². The Labute approximate surface area is 216 Å². The lowest BCUT2D eigenvalue weighted by Crippen LogP contribution is -2.50. The fourth-order valence-corrected chi connectivity index (χ4v) is 5.47. The van der Waals surface area contributed by atoms with Crippen molar-refractivity contribution in [2.75, 3.05) is 50.8 Å². The van der Waals surface area contributed by atoms with Crippen molar-refractivity contribution in [1.29, 1.82) is 0 Å². The first-order valence-electron chi connectivity index (χ1n) is 12.8. The highest BCUT2D eigenvalue weighted by atomic mass is 35.5. The fraction of sp³-hybridized carbons (Fsp3) is 0.519. The summed E-state index contributed by atoms with van der Waals surface area (Å²) >= 11 is 6.02. The van der Waals surface area contributed by atoms with Crippen molar-refractivity contribution in [2.45, 2.75) is 37.8 Å².